The van der Waals surface area contributed by atoms with Crippen molar-refractivity contribution in [2.45, 2.75) is 58.2 Å². The highest BCUT2D eigenvalue weighted by molar-refractivity contribution is 5.99. The zero-order valence-corrected chi connectivity index (χ0v) is 24.9. The maximum absolute atomic E-state index is 14.3. The number of aryl methyl sites for hydroxylation is 1. The average molecular weight is 576 g/mol. The lowest BCUT2D eigenvalue weighted by Gasteiger charge is -2.34. The quantitative estimate of drug-likeness (QED) is 0.283. The molecule has 2 unspecified atom stereocenters. The minimum absolute atomic E-state index is 0.143. The van der Waals surface area contributed by atoms with Gasteiger partial charge in [0.2, 0.25) is 5.91 Å². The van der Waals surface area contributed by atoms with Gasteiger partial charge in [-0.25, -0.2) is 4.79 Å². The van der Waals surface area contributed by atoms with Gasteiger partial charge in [-0.1, -0.05) is 61.5 Å². The van der Waals surface area contributed by atoms with Crippen molar-refractivity contribution < 1.29 is 29.0 Å². The number of rotatable bonds is 12. The molecule has 0 aliphatic heterocycles. The molecule has 3 aromatic rings. The lowest BCUT2D eigenvalue weighted by Crippen LogP contribution is -2.53. The molecule has 3 amide bonds. The van der Waals surface area contributed by atoms with E-state index in [-0.39, 0.29) is 13.0 Å². The minimum atomic E-state index is -1.10. The van der Waals surface area contributed by atoms with Gasteiger partial charge < -0.3 is 30.1 Å². The molecule has 0 heterocycles. The molecule has 0 aliphatic rings. The van der Waals surface area contributed by atoms with E-state index in [1.54, 1.807) is 52.1 Å². The summed E-state index contributed by atoms with van der Waals surface area (Å²) >= 11 is 0. The van der Waals surface area contributed by atoms with Crippen LogP contribution in [0.2, 0.25) is 0 Å². The number of nitrogens with one attached hydrogen (secondary N) is 2. The van der Waals surface area contributed by atoms with Crippen LogP contribution in [0, 0.1) is 0 Å². The first-order valence-electron chi connectivity index (χ1n) is 14.0. The van der Waals surface area contributed by atoms with Crippen LogP contribution in [0.15, 0.2) is 78.9 Å². The number of hydrogen-bond acceptors (Lipinski definition) is 6. The summed E-state index contributed by atoms with van der Waals surface area (Å²) in [6, 6.07) is 21.4. The van der Waals surface area contributed by atoms with Gasteiger partial charge in [-0.3, -0.25) is 9.59 Å². The first-order chi connectivity index (χ1) is 20.0. The second-order valence-corrected chi connectivity index (χ2v) is 10.9. The van der Waals surface area contributed by atoms with E-state index in [1.165, 1.54) is 4.90 Å². The number of nitrogens with zero attached hydrogens (tertiary/aromatic N) is 1. The SMILES string of the molecule is CCc1ccc(C(C(=O)Nc2ccc(OC)cc2)N(CCO)C(=O)C(Cc2ccccc2)NC(=O)OC(C)(C)C)cc1. The van der Waals surface area contributed by atoms with Crippen molar-refractivity contribution in [1.82, 2.24) is 10.2 Å². The molecular weight excluding hydrogens is 534 g/mol. The van der Waals surface area contributed by atoms with Crippen molar-refractivity contribution in [3.63, 3.8) is 0 Å². The van der Waals surface area contributed by atoms with Crippen LogP contribution in [-0.2, 0) is 27.2 Å². The first-order valence-corrected chi connectivity index (χ1v) is 14.0. The number of anilines is 1. The summed E-state index contributed by atoms with van der Waals surface area (Å²) in [7, 11) is 1.55. The second-order valence-electron chi connectivity index (χ2n) is 10.9. The van der Waals surface area contributed by atoms with E-state index in [1.807, 2.05) is 61.5 Å². The zero-order valence-electron chi connectivity index (χ0n) is 24.9. The Hall–Kier alpha value is -4.37. The average Bonchev–Trinajstić information content (AvgIpc) is 2.96. The van der Waals surface area contributed by atoms with Gasteiger partial charge in [0.15, 0.2) is 0 Å². The smallest absolute Gasteiger partial charge is 0.408 e. The Balaban J connectivity index is 2.02. The fourth-order valence-electron chi connectivity index (χ4n) is 4.47. The standard InChI is InChI=1S/C33H41N3O6/c1-6-23-12-14-25(15-13-23)29(30(38)34-26-16-18-27(41-5)19-17-26)36(20-21-37)31(39)28(22-24-10-8-7-9-11-24)35-32(40)42-33(2,3)4/h7-19,28-29,37H,6,20-22H2,1-5H3,(H,34,38)(H,35,40). The van der Waals surface area contributed by atoms with E-state index < -0.39 is 42.2 Å². The normalized spacial score (nSPS) is 12.5. The zero-order chi connectivity index (χ0) is 30.7. The summed E-state index contributed by atoms with van der Waals surface area (Å²) in [5.41, 5.74) is 2.18. The van der Waals surface area contributed by atoms with Crippen LogP contribution in [0.1, 0.15) is 50.4 Å². The fourth-order valence-corrected chi connectivity index (χ4v) is 4.47. The minimum Gasteiger partial charge on any atom is -0.497 e. The Bertz CT molecular complexity index is 1300. The third-order valence-electron chi connectivity index (χ3n) is 6.52. The molecule has 0 bridgehead atoms. The number of ether oxygens (including phenoxy) is 2. The lowest BCUT2D eigenvalue weighted by atomic mass is 9.99. The first kappa shape index (κ1) is 32.1. The van der Waals surface area contributed by atoms with Crippen LogP contribution in [0.4, 0.5) is 10.5 Å². The van der Waals surface area contributed by atoms with Gasteiger partial charge in [0.1, 0.15) is 23.4 Å². The number of aliphatic hydroxyl groups excluding tert-OH is 1. The number of alkyl carbamates (subject to hydrolysis) is 1. The maximum atomic E-state index is 14.3. The summed E-state index contributed by atoms with van der Waals surface area (Å²) in [6.45, 7) is 6.70. The highest BCUT2D eigenvalue weighted by Crippen LogP contribution is 2.26. The molecule has 2 atom stereocenters. The Morgan fingerprint density at radius 2 is 1.55 bits per heavy atom. The summed E-state index contributed by atoms with van der Waals surface area (Å²) in [5, 5.41) is 15.6. The number of aliphatic hydroxyl groups is 1. The number of amides is 3. The Labute approximate surface area is 247 Å². The Morgan fingerprint density at radius 3 is 2.10 bits per heavy atom. The van der Waals surface area contributed by atoms with Crippen molar-refractivity contribution in [2.24, 2.45) is 0 Å². The predicted molar refractivity (Wildman–Crippen MR) is 162 cm³/mol. The molecule has 3 rings (SSSR count). The van der Waals surface area contributed by atoms with Crippen LogP contribution in [0.5, 0.6) is 5.75 Å². The van der Waals surface area contributed by atoms with Gasteiger partial charge in [0, 0.05) is 18.7 Å². The van der Waals surface area contributed by atoms with Gasteiger partial charge >= 0.3 is 6.09 Å². The van der Waals surface area contributed by atoms with Crippen LogP contribution in [-0.4, -0.2) is 59.8 Å². The molecule has 0 saturated carbocycles. The summed E-state index contributed by atoms with van der Waals surface area (Å²) in [6.07, 6.45) is 0.205. The van der Waals surface area contributed by atoms with E-state index in [4.69, 9.17) is 9.47 Å². The van der Waals surface area contributed by atoms with E-state index in [2.05, 4.69) is 10.6 Å². The van der Waals surface area contributed by atoms with Crippen LogP contribution >= 0.6 is 0 Å². The lowest BCUT2D eigenvalue weighted by molar-refractivity contribution is -0.141. The van der Waals surface area contributed by atoms with E-state index >= 15 is 0 Å². The number of methoxy groups -OCH3 is 1. The highest BCUT2D eigenvalue weighted by atomic mass is 16.6. The summed E-state index contributed by atoms with van der Waals surface area (Å²) in [5.74, 6) is -0.371. The molecule has 9 heteroatoms. The monoisotopic (exact) mass is 575 g/mol. The number of benzene rings is 3. The van der Waals surface area contributed by atoms with Gasteiger partial charge in [0.05, 0.1) is 13.7 Å². The predicted octanol–water partition coefficient (Wildman–Crippen LogP) is 4.89. The molecule has 3 aromatic carbocycles. The van der Waals surface area contributed by atoms with Crippen molar-refractivity contribution in [1.29, 1.82) is 0 Å². The molecule has 42 heavy (non-hydrogen) atoms. The topological polar surface area (TPSA) is 117 Å². The van der Waals surface area contributed by atoms with E-state index in [0.29, 0.717) is 17.0 Å². The van der Waals surface area contributed by atoms with Gasteiger partial charge in [-0.2, -0.15) is 0 Å². The number of carbonyl (C=O) groups excluding carboxylic acids is 3. The van der Waals surface area contributed by atoms with Gasteiger partial charge in [-0.15, -0.1) is 0 Å². The Kier molecular flexibility index (Phi) is 11.5. The molecule has 0 radical (unpaired) electrons. The highest BCUT2D eigenvalue weighted by Gasteiger charge is 2.36. The molecule has 3 N–H and O–H groups in total. The van der Waals surface area contributed by atoms with Crippen molar-refractivity contribution in [2.75, 3.05) is 25.6 Å². The van der Waals surface area contributed by atoms with Crippen molar-refractivity contribution in [3.05, 3.63) is 95.6 Å². The maximum Gasteiger partial charge on any atom is 0.408 e. The molecule has 0 aliphatic carbocycles. The third kappa shape index (κ3) is 9.34. The van der Waals surface area contributed by atoms with E-state index in [0.717, 1.165) is 17.5 Å². The van der Waals surface area contributed by atoms with Crippen LogP contribution in [0.3, 0.4) is 0 Å². The molecular formula is C33H41N3O6. The van der Waals surface area contributed by atoms with Gasteiger partial charge in [0.25, 0.3) is 5.91 Å². The van der Waals surface area contributed by atoms with Crippen molar-refractivity contribution in [3.8, 4) is 5.75 Å². The Morgan fingerprint density at radius 1 is 0.905 bits per heavy atom. The second kappa shape index (κ2) is 15.0. The van der Waals surface area contributed by atoms with Crippen LogP contribution < -0.4 is 15.4 Å². The number of hydrogen-bond donors (Lipinski definition) is 3. The summed E-state index contributed by atoms with van der Waals surface area (Å²) < 4.78 is 10.7. The van der Waals surface area contributed by atoms with Crippen LogP contribution in [0.25, 0.3) is 0 Å². The molecule has 0 spiro atoms. The molecule has 0 saturated heterocycles. The number of carbonyl (C=O) groups is 3. The summed E-state index contributed by atoms with van der Waals surface area (Å²) in [4.78, 5) is 42.3. The van der Waals surface area contributed by atoms with Crippen molar-refractivity contribution >= 4 is 23.6 Å². The van der Waals surface area contributed by atoms with E-state index in [9.17, 15) is 19.5 Å². The molecule has 0 aromatic heterocycles. The van der Waals surface area contributed by atoms with Gasteiger partial charge in [-0.05, 0) is 68.1 Å². The fraction of sp³-hybridized carbons (Fsp3) is 0.364. The third-order valence-corrected chi connectivity index (χ3v) is 6.52. The molecule has 9 nitrogen and oxygen atoms in total. The molecule has 0 fully saturated rings. The largest absolute Gasteiger partial charge is 0.497 e. The molecule has 224 valence electrons.